The summed E-state index contributed by atoms with van der Waals surface area (Å²) < 4.78 is 29.2. The number of aromatic nitrogens is 3. The minimum atomic E-state index is -3.71. The van der Waals surface area contributed by atoms with Crippen LogP contribution in [0.5, 0.6) is 0 Å². The van der Waals surface area contributed by atoms with Crippen LogP contribution in [0, 0.1) is 6.92 Å². The van der Waals surface area contributed by atoms with Crippen molar-refractivity contribution in [1.82, 2.24) is 14.8 Å². The van der Waals surface area contributed by atoms with Crippen molar-refractivity contribution in [3.63, 3.8) is 0 Å². The first-order valence-corrected chi connectivity index (χ1v) is 7.75. The van der Waals surface area contributed by atoms with Crippen molar-refractivity contribution in [2.45, 2.75) is 11.8 Å². The average molecular weight is 305 g/mol. The van der Waals surface area contributed by atoms with Gasteiger partial charge in [-0.2, -0.15) is 5.10 Å². The molecule has 4 N–H and O–H groups in total. The second-order valence-electron chi connectivity index (χ2n) is 4.87. The van der Waals surface area contributed by atoms with Crippen molar-refractivity contribution in [3.05, 3.63) is 36.3 Å². The van der Waals surface area contributed by atoms with Crippen molar-refractivity contribution < 1.29 is 8.42 Å². The second kappa shape index (κ2) is 4.52. The topological polar surface area (TPSA) is 106 Å². The maximum atomic E-state index is 12.5. The van der Waals surface area contributed by atoms with Gasteiger partial charge in [0.1, 0.15) is 4.90 Å². The van der Waals surface area contributed by atoms with Crippen LogP contribution in [0.25, 0.3) is 10.9 Å². The summed E-state index contributed by atoms with van der Waals surface area (Å²) in [6, 6.07) is 5.10. The molecule has 0 atom stereocenters. The van der Waals surface area contributed by atoms with Crippen LogP contribution < -0.4 is 10.5 Å². The summed E-state index contributed by atoms with van der Waals surface area (Å²) in [4.78, 5) is 3.09. The van der Waals surface area contributed by atoms with E-state index >= 15 is 0 Å². The van der Waals surface area contributed by atoms with E-state index in [0.29, 0.717) is 28.0 Å². The highest BCUT2D eigenvalue weighted by molar-refractivity contribution is 7.93. The zero-order valence-electron chi connectivity index (χ0n) is 11.6. The van der Waals surface area contributed by atoms with Crippen LogP contribution in [0.1, 0.15) is 5.69 Å². The van der Waals surface area contributed by atoms with Crippen molar-refractivity contribution >= 4 is 32.3 Å². The lowest BCUT2D eigenvalue weighted by Gasteiger charge is -2.06. The summed E-state index contributed by atoms with van der Waals surface area (Å²) in [5.41, 5.74) is 8.02. The van der Waals surface area contributed by atoms with E-state index in [-0.39, 0.29) is 4.90 Å². The first-order chi connectivity index (χ1) is 9.87. The zero-order valence-corrected chi connectivity index (χ0v) is 12.4. The maximum Gasteiger partial charge on any atom is 0.264 e. The number of aryl methyl sites for hydroxylation is 2. The first kappa shape index (κ1) is 13.5. The third-order valence-electron chi connectivity index (χ3n) is 3.22. The van der Waals surface area contributed by atoms with Gasteiger partial charge in [0, 0.05) is 36.0 Å². The van der Waals surface area contributed by atoms with Gasteiger partial charge in [-0.3, -0.25) is 9.40 Å². The molecule has 0 aliphatic heterocycles. The number of anilines is 2. The fraction of sp³-hybridized carbons (Fsp3) is 0.154. The van der Waals surface area contributed by atoms with Crippen LogP contribution in [0.15, 0.2) is 35.5 Å². The van der Waals surface area contributed by atoms with E-state index in [2.05, 4.69) is 14.8 Å². The predicted molar refractivity (Wildman–Crippen MR) is 81.5 cm³/mol. The Morgan fingerprint density at radius 1 is 1.38 bits per heavy atom. The van der Waals surface area contributed by atoms with Crippen LogP contribution in [0.2, 0.25) is 0 Å². The quantitative estimate of drug-likeness (QED) is 0.639. The number of hydrogen-bond donors (Lipinski definition) is 3. The fourth-order valence-corrected chi connectivity index (χ4v) is 3.51. The smallest absolute Gasteiger partial charge is 0.264 e. The Balaban J connectivity index is 2.08. The van der Waals surface area contributed by atoms with Gasteiger partial charge in [-0.25, -0.2) is 8.42 Å². The average Bonchev–Trinajstić information content (AvgIpc) is 2.93. The Kier molecular flexibility index (Phi) is 2.91. The fourth-order valence-electron chi connectivity index (χ4n) is 2.23. The summed E-state index contributed by atoms with van der Waals surface area (Å²) in [7, 11) is -1.98. The summed E-state index contributed by atoms with van der Waals surface area (Å²) >= 11 is 0. The number of fused-ring (bicyclic) bond motifs is 1. The van der Waals surface area contributed by atoms with Gasteiger partial charge in [0.2, 0.25) is 0 Å². The summed E-state index contributed by atoms with van der Waals surface area (Å²) in [5, 5.41) is 4.67. The van der Waals surface area contributed by atoms with Gasteiger partial charge in [0.15, 0.2) is 0 Å². The molecule has 0 amide bonds. The molecule has 0 aliphatic rings. The number of hydrogen-bond acceptors (Lipinski definition) is 4. The molecule has 2 aromatic heterocycles. The number of rotatable bonds is 3. The van der Waals surface area contributed by atoms with E-state index in [1.807, 2.05) is 0 Å². The van der Waals surface area contributed by atoms with Crippen molar-refractivity contribution in [2.24, 2.45) is 7.05 Å². The first-order valence-electron chi connectivity index (χ1n) is 6.26. The molecule has 8 heteroatoms. The monoisotopic (exact) mass is 305 g/mol. The van der Waals surface area contributed by atoms with Crippen LogP contribution in [-0.2, 0) is 17.1 Å². The van der Waals surface area contributed by atoms with Crippen LogP contribution in [0.4, 0.5) is 11.4 Å². The highest BCUT2D eigenvalue weighted by Crippen LogP contribution is 2.27. The molecular weight excluding hydrogens is 290 g/mol. The lowest BCUT2D eigenvalue weighted by molar-refractivity contribution is 0.602. The summed E-state index contributed by atoms with van der Waals surface area (Å²) in [5.74, 6) is 0. The predicted octanol–water partition coefficient (Wildman–Crippen LogP) is 1.59. The van der Waals surface area contributed by atoms with Crippen molar-refractivity contribution in [3.8, 4) is 0 Å². The number of nitrogens with one attached hydrogen (secondary N) is 2. The van der Waals surface area contributed by atoms with Gasteiger partial charge in [-0.15, -0.1) is 0 Å². The van der Waals surface area contributed by atoms with Gasteiger partial charge in [-0.1, -0.05) is 0 Å². The minimum absolute atomic E-state index is 0.160. The molecule has 7 nitrogen and oxygen atoms in total. The number of sulfonamides is 1. The molecule has 110 valence electrons. The molecule has 0 radical (unpaired) electrons. The van der Waals surface area contributed by atoms with Gasteiger partial charge in [0.05, 0.1) is 11.4 Å². The molecule has 0 unspecified atom stereocenters. The molecule has 0 aliphatic carbocycles. The van der Waals surface area contributed by atoms with Crippen molar-refractivity contribution in [2.75, 3.05) is 10.5 Å². The zero-order chi connectivity index (χ0) is 15.2. The van der Waals surface area contributed by atoms with E-state index in [4.69, 9.17) is 5.73 Å². The molecule has 0 spiro atoms. The molecule has 0 saturated heterocycles. The number of benzene rings is 1. The van der Waals surface area contributed by atoms with Crippen molar-refractivity contribution in [1.29, 1.82) is 0 Å². The number of aromatic amines is 1. The molecule has 1 aromatic carbocycles. The van der Waals surface area contributed by atoms with E-state index < -0.39 is 10.0 Å². The van der Waals surface area contributed by atoms with Gasteiger partial charge < -0.3 is 10.7 Å². The normalized spacial score (nSPS) is 11.9. The Labute approximate surface area is 121 Å². The largest absolute Gasteiger partial charge is 0.399 e. The molecule has 0 saturated carbocycles. The molecule has 3 aromatic rings. The Bertz CT molecular complexity index is 923. The highest BCUT2D eigenvalue weighted by atomic mass is 32.2. The van der Waals surface area contributed by atoms with Crippen LogP contribution in [0.3, 0.4) is 0 Å². The Morgan fingerprint density at radius 3 is 2.81 bits per heavy atom. The lowest BCUT2D eigenvalue weighted by Crippen LogP contribution is -2.12. The molecule has 21 heavy (non-hydrogen) atoms. The molecular formula is C13H15N5O2S. The SMILES string of the molecule is Cc1nn(C)cc1NS(=O)(=O)c1c[nH]c2ccc(N)cc12. The Hall–Kier alpha value is -2.48. The van der Waals surface area contributed by atoms with Gasteiger partial charge >= 0.3 is 0 Å². The summed E-state index contributed by atoms with van der Waals surface area (Å²) in [6.45, 7) is 1.74. The van der Waals surface area contributed by atoms with E-state index in [0.717, 1.165) is 0 Å². The molecule has 2 heterocycles. The number of nitrogens with zero attached hydrogens (tertiary/aromatic N) is 2. The maximum absolute atomic E-state index is 12.5. The Morgan fingerprint density at radius 2 is 2.14 bits per heavy atom. The third kappa shape index (κ3) is 2.33. The van der Waals surface area contributed by atoms with E-state index in [1.165, 1.54) is 6.20 Å². The van der Waals surface area contributed by atoms with E-state index in [9.17, 15) is 8.42 Å². The number of nitrogens with two attached hydrogens (primary N) is 1. The molecule has 3 rings (SSSR count). The molecule has 0 bridgehead atoms. The van der Waals surface area contributed by atoms with Crippen LogP contribution >= 0.6 is 0 Å². The summed E-state index contributed by atoms with van der Waals surface area (Å²) in [6.07, 6.45) is 3.08. The number of H-pyrrole nitrogens is 1. The lowest BCUT2D eigenvalue weighted by atomic mass is 10.2. The van der Waals surface area contributed by atoms with Gasteiger partial charge in [-0.05, 0) is 25.1 Å². The van der Waals surface area contributed by atoms with Crippen LogP contribution in [-0.4, -0.2) is 23.2 Å². The minimum Gasteiger partial charge on any atom is -0.399 e. The van der Waals surface area contributed by atoms with Gasteiger partial charge in [0.25, 0.3) is 10.0 Å². The highest BCUT2D eigenvalue weighted by Gasteiger charge is 2.20. The third-order valence-corrected chi connectivity index (χ3v) is 4.62. The number of nitrogen functional groups attached to an aromatic ring is 1. The second-order valence-corrected chi connectivity index (χ2v) is 6.52. The van der Waals surface area contributed by atoms with E-state index in [1.54, 1.807) is 43.0 Å². The molecule has 0 fully saturated rings. The standard InChI is InChI=1S/C13H15N5O2S/c1-8-12(7-18(2)16-8)17-21(19,20)13-6-15-11-4-3-9(14)5-10(11)13/h3-7,15,17H,14H2,1-2H3.